The topological polar surface area (TPSA) is 93.5 Å². The molecule has 116 valence electrons. The number of aromatic nitrogens is 2. The molecule has 0 saturated carbocycles. The second kappa shape index (κ2) is 6.75. The average Bonchev–Trinajstić information content (AvgIpc) is 3.02. The zero-order chi connectivity index (χ0) is 16.1. The molecule has 0 saturated heterocycles. The molecule has 0 radical (unpaired) electrons. The summed E-state index contributed by atoms with van der Waals surface area (Å²) >= 11 is 0. The van der Waals surface area contributed by atoms with E-state index >= 15 is 0 Å². The van der Waals surface area contributed by atoms with Gasteiger partial charge >= 0.3 is 5.97 Å². The SMILES string of the molecule is COc1ccc(CNC(=O)C(C)n2ccc(C(=O)O)n2)cc1. The third-order valence-electron chi connectivity index (χ3n) is 3.23. The molecule has 22 heavy (non-hydrogen) atoms. The van der Waals surface area contributed by atoms with Crippen LogP contribution in [0.25, 0.3) is 0 Å². The summed E-state index contributed by atoms with van der Waals surface area (Å²) < 4.78 is 6.39. The molecule has 0 spiro atoms. The molecule has 0 aliphatic heterocycles. The van der Waals surface area contributed by atoms with E-state index in [1.807, 2.05) is 24.3 Å². The van der Waals surface area contributed by atoms with Crippen molar-refractivity contribution >= 4 is 11.9 Å². The molecule has 1 aromatic heterocycles. The normalized spacial score (nSPS) is 11.7. The fourth-order valence-electron chi connectivity index (χ4n) is 1.87. The van der Waals surface area contributed by atoms with Gasteiger partial charge in [-0.3, -0.25) is 9.48 Å². The Labute approximate surface area is 127 Å². The lowest BCUT2D eigenvalue weighted by molar-refractivity contribution is -0.124. The third kappa shape index (κ3) is 3.63. The Morgan fingerprint density at radius 3 is 2.55 bits per heavy atom. The highest BCUT2D eigenvalue weighted by Gasteiger charge is 2.17. The number of aromatic carboxylic acids is 1. The first-order valence-corrected chi connectivity index (χ1v) is 6.70. The van der Waals surface area contributed by atoms with Gasteiger partial charge in [0, 0.05) is 12.7 Å². The average molecular weight is 303 g/mol. The number of carboxylic acids is 1. The molecule has 0 bridgehead atoms. The second-order valence-corrected chi connectivity index (χ2v) is 4.73. The van der Waals surface area contributed by atoms with E-state index in [-0.39, 0.29) is 11.6 Å². The summed E-state index contributed by atoms with van der Waals surface area (Å²) in [6.45, 7) is 2.03. The van der Waals surface area contributed by atoms with Gasteiger partial charge in [-0.1, -0.05) is 12.1 Å². The van der Waals surface area contributed by atoms with E-state index in [0.717, 1.165) is 11.3 Å². The molecule has 2 aromatic rings. The molecule has 1 aromatic carbocycles. The smallest absolute Gasteiger partial charge is 0.356 e. The number of nitrogens with one attached hydrogen (secondary N) is 1. The Balaban J connectivity index is 1.94. The highest BCUT2D eigenvalue weighted by Crippen LogP contribution is 2.11. The van der Waals surface area contributed by atoms with Crippen molar-refractivity contribution in [2.45, 2.75) is 19.5 Å². The number of nitrogens with zero attached hydrogens (tertiary/aromatic N) is 2. The minimum atomic E-state index is -1.12. The first-order valence-electron chi connectivity index (χ1n) is 6.70. The van der Waals surface area contributed by atoms with Crippen molar-refractivity contribution in [2.75, 3.05) is 7.11 Å². The second-order valence-electron chi connectivity index (χ2n) is 4.73. The first-order chi connectivity index (χ1) is 10.5. The molecule has 2 rings (SSSR count). The maximum Gasteiger partial charge on any atom is 0.356 e. The molecule has 0 aliphatic rings. The summed E-state index contributed by atoms with van der Waals surface area (Å²) in [6.07, 6.45) is 1.47. The van der Waals surface area contributed by atoms with Crippen LogP contribution in [0.3, 0.4) is 0 Å². The van der Waals surface area contributed by atoms with Gasteiger partial charge in [0.1, 0.15) is 11.8 Å². The van der Waals surface area contributed by atoms with Crippen LogP contribution in [0.4, 0.5) is 0 Å². The number of hydrogen-bond acceptors (Lipinski definition) is 4. The Hall–Kier alpha value is -2.83. The molecule has 7 nitrogen and oxygen atoms in total. The van der Waals surface area contributed by atoms with Crippen molar-refractivity contribution in [3.05, 3.63) is 47.8 Å². The number of benzene rings is 1. The quantitative estimate of drug-likeness (QED) is 0.843. The predicted octanol–water partition coefficient (Wildman–Crippen LogP) is 1.47. The van der Waals surface area contributed by atoms with Crippen LogP contribution >= 0.6 is 0 Å². The Morgan fingerprint density at radius 2 is 2.00 bits per heavy atom. The number of hydrogen-bond donors (Lipinski definition) is 2. The van der Waals surface area contributed by atoms with Crippen LogP contribution in [0, 0.1) is 0 Å². The van der Waals surface area contributed by atoms with Crippen molar-refractivity contribution in [3.8, 4) is 5.75 Å². The number of carbonyl (C=O) groups is 2. The largest absolute Gasteiger partial charge is 0.497 e. The molecule has 0 fully saturated rings. The minimum absolute atomic E-state index is 0.0881. The van der Waals surface area contributed by atoms with Crippen LogP contribution in [0.15, 0.2) is 36.5 Å². The van der Waals surface area contributed by atoms with Gasteiger partial charge < -0.3 is 15.2 Å². The summed E-state index contributed by atoms with van der Waals surface area (Å²) in [5, 5.41) is 15.5. The fraction of sp³-hybridized carbons (Fsp3) is 0.267. The van der Waals surface area contributed by atoms with Gasteiger partial charge in [-0.15, -0.1) is 0 Å². The Morgan fingerprint density at radius 1 is 1.32 bits per heavy atom. The summed E-state index contributed by atoms with van der Waals surface area (Å²) in [6, 6.07) is 8.12. The maximum atomic E-state index is 12.1. The summed E-state index contributed by atoms with van der Waals surface area (Å²) in [7, 11) is 1.59. The zero-order valence-corrected chi connectivity index (χ0v) is 12.3. The van der Waals surface area contributed by atoms with Crippen LogP contribution in [0.2, 0.25) is 0 Å². The van der Waals surface area contributed by atoms with Crippen molar-refractivity contribution in [2.24, 2.45) is 0 Å². The number of methoxy groups -OCH3 is 1. The van der Waals surface area contributed by atoms with Crippen molar-refractivity contribution < 1.29 is 19.4 Å². The van der Waals surface area contributed by atoms with E-state index in [1.54, 1.807) is 14.0 Å². The molecule has 1 heterocycles. The van der Waals surface area contributed by atoms with Gasteiger partial charge in [0.05, 0.1) is 7.11 Å². The van der Waals surface area contributed by atoms with E-state index in [0.29, 0.717) is 6.54 Å². The Kier molecular flexibility index (Phi) is 4.77. The number of carboxylic acid groups (broad SMARTS) is 1. The van der Waals surface area contributed by atoms with E-state index in [4.69, 9.17) is 9.84 Å². The fourth-order valence-corrected chi connectivity index (χ4v) is 1.87. The summed E-state index contributed by atoms with van der Waals surface area (Å²) in [5.74, 6) is -0.610. The van der Waals surface area contributed by atoms with Crippen molar-refractivity contribution in [3.63, 3.8) is 0 Å². The van der Waals surface area contributed by atoms with E-state index in [2.05, 4.69) is 10.4 Å². The van der Waals surface area contributed by atoms with Crippen LogP contribution in [0.1, 0.15) is 29.0 Å². The monoisotopic (exact) mass is 303 g/mol. The van der Waals surface area contributed by atoms with Gasteiger partial charge in [-0.25, -0.2) is 4.79 Å². The van der Waals surface area contributed by atoms with Crippen LogP contribution in [-0.2, 0) is 11.3 Å². The van der Waals surface area contributed by atoms with Crippen LogP contribution in [0.5, 0.6) is 5.75 Å². The lowest BCUT2D eigenvalue weighted by Gasteiger charge is -2.13. The van der Waals surface area contributed by atoms with Gasteiger partial charge in [-0.05, 0) is 30.7 Å². The highest BCUT2D eigenvalue weighted by molar-refractivity contribution is 5.85. The molecular formula is C15H17N3O4. The first kappa shape index (κ1) is 15.6. The van der Waals surface area contributed by atoms with Gasteiger partial charge in [0.15, 0.2) is 5.69 Å². The molecular weight excluding hydrogens is 286 g/mol. The van der Waals surface area contributed by atoms with Crippen molar-refractivity contribution in [1.29, 1.82) is 0 Å². The van der Waals surface area contributed by atoms with Gasteiger partial charge in [0.25, 0.3) is 0 Å². The molecule has 1 atom stereocenters. The van der Waals surface area contributed by atoms with Gasteiger partial charge in [0.2, 0.25) is 5.91 Å². The van der Waals surface area contributed by atoms with E-state index < -0.39 is 12.0 Å². The lowest BCUT2D eigenvalue weighted by atomic mass is 10.2. The van der Waals surface area contributed by atoms with E-state index in [1.165, 1.54) is 16.9 Å². The summed E-state index contributed by atoms with van der Waals surface area (Å²) in [4.78, 5) is 22.9. The van der Waals surface area contributed by atoms with Crippen LogP contribution in [-0.4, -0.2) is 33.9 Å². The summed E-state index contributed by atoms with van der Waals surface area (Å²) in [5.41, 5.74) is 0.850. The Bertz CT molecular complexity index is 664. The number of rotatable bonds is 6. The molecule has 1 amide bonds. The molecule has 1 unspecified atom stereocenters. The number of carbonyl (C=O) groups excluding carboxylic acids is 1. The van der Waals surface area contributed by atoms with E-state index in [9.17, 15) is 9.59 Å². The third-order valence-corrected chi connectivity index (χ3v) is 3.23. The zero-order valence-electron chi connectivity index (χ0n) is 12.3. The molecule has 7 heteroatoms. The highest BCUT2D eigenvalue weighted by atomic mass is 16.5. The number of amides is 1. The molecule has 0 aliphatic carbocycles. The van der Waals surface area contributed by atoms with Crippen molar-refractivity contribution in [1.82, 2.24) is 15.1 Å². The van der Waals surface area contributed by atoms with Crippen LogP contribution < -0.4 is 10.1 Å². The minimum Gasteiger partial charge on any atom is -0.497 e. The van der Waals surface area contributed by atoms with Gasteiger partial charge in [-0.2, -0.15) is 5.10 Å². The predicted molar refractivity (Wildman–Crippen MR) is 78.7 cm³/mol. The molecule has 2 N–H and O–H groups in total. The maximum absolute atomic E-state index is 12.1. The standard InChI is InChI=1S/C15H17N3O4/c1-10(18-8-7-13(17-18)15(20)21)14(19)16-9-11-3-5-12(22-2)6-4-11/h3-8,10H,9H2,1-2H3,(H,16,19)(H,20,21). The lowest BCUT2D eigenvalue weighted by Crippen LogP contribution is -2.31. The number of ether oxygens (including phenoxy) is 1.